The van der Waals surface area contributed by atoms with Gasteiger partial charge in [-0.05, 0) is 18.9 Å². The molecule has 3 rings (SSSR count). The molecule has 1 aliphatic rings. The van der Waals surface area contributed by atoms with E-state index in [1.54, 1.807) is 0 Å². The number of aryl methyl sites for hydroxylation is 1. The van der Waals surface area contributed by atoms with Gasteiger partial charge in [0.2, 0.25) is 11.7 Å². The lowest BCUT2D eigenvalue weighted by Gasteiger charge is -2.17. The van der Waals surface area contributed by atoms with Crippen molar-refractivity contribution in [2.75, 3.05) is 11.5 Å². The Hall–Kier alpha value is -2.00. The van der Waals surface area contributed by atoms with Gasteiger partial charge in [0.05, 0.1) is 20.9 Å². The summed E-state index contributed by atoms with van der Waals surface area (Å²) in [7, 11) is -1.26. The number of alkyl halides is 2. The Balaban J connectivity index is 2.16. The molecule has 1 aromatic heterocycles. The van der Waals surface area contributed by atoms with E-state index in [1.165, 1.54) is 7.05 Å². The fourth-order valence-corrected chi connectivity index (χ4v) is 5.53. The van der Waals surface area contributed by atoms with Crippen molar-refractivity contribution >= 4 is 32.8 Å². The molecule has 6 nitrogen and oxygen atoms in total. The second-order valence-electron chi connectivity index (χ2n) is 6.33. The molecule has 0 atom stereocenters. The van der Waals surface area contributed by atoms with Crippen molar-refractivity contribution in [1.29, 1.82) is 0 Å². The Morgan fingerprint density at radius 2 is 1.96 bits per heavy atom. The van der Waals surface area contributed by atoms with Gasteiger partial charge in [-0.15, -0.1) is 0 Å². The van der Waals surface area contributed by atoms with Gasteiger partial charge < -0.3 is 5.11 Å². The van der Waals surface area contributed by atoms with Crippen LogP contribution in [-0.2, 0) is 16.8 Å². The van der Waals surface area contributed by atoms with Crippen molar-refractivity contribution in [2.24, 2.45) is 11.4 Å². The molecule has 1 aliphatic heterocycles. The number of ketones is 1. The van der Waals surface area contributed by atoms with E-state index < -0.39 is 27.5 Å². The zero-order chi connectivity index (χ0) is 19.8. The summed E-state index contributed by atoms with van der Waals surface area (Å²) < 4.78 is 45.0. The van der Waals surface area contributed by atoms with E-state index in [2.05, 4.69) is 9.46 Å². The maximum absolute atomic E-state index is 13.5. The molecule has 1 fully saturated rings. The number of carbonyl (C=O) groups excluding carboxylic acids is 1. The van der Waals surface area contributed by atoms with E-state index in [9.17, 15) is 22.9 Å². The third-order valence-corrected chi connectivity index (χ3v) is 7.21. The van der Waals surface area contributed by atoms with Crippen LogP contribution in [0.5, 0.6) is 5.88 Å². The summed E-state index contributed by atoms with van der Waals surface area (Å²) in [5, 5.41) is 13.4. The lowest BCUT2D eigenvalue weighted by molar-refractivity contribution is 0.103. The lowest BCUT2D eigenvalue weighted by atomic mass is 10.0. The maximum Gasteiger partial charge on any atom is 0.266 e. The summed E-state index contributed by atoms with van der Waals surface area (Å²) in [5.41, 5.74) is -1.01. The SMILES string of the molecule is Cn1ncc(C(=O)c2ccc(C(F)F)c(N=S3(=O)CCCCC3)c2Cl)c1O. The van der Waals surface area contributed by atoms with Crippen LogP contribution in [0.1, 0.15) is 47.2 Å². The predicted octanol–water partition coefficient (Wildman–Crippen LogP) is 4.23. The molecular weight excluding hydrogens is 400 g/mol. The Kier molecular flexibility index (Phi) is 5.53. The summed E-state index contributed by atoms with van der Waals surface area (Å²) in [6.07, 6.45) is 0.593. The molecule has 0 unspecified atom stereocenters. The molecule has 146 valence electrons. The average Bonchev–Trinajstić information content (AvgIpc) is 2.95. The molecule has 1 N–H and O–H groups in total. The van der Waals surface area contributed by atoms with Gasteiger partial charge in [0, 0.05) is 29.7 Å². The van der Waals surface area contributed by atoms with E-state index in [-0.39, 0.29) is 27.7 Å². The van der Waals surface area contributed by atoms with Gasteiger partial charge in [-0.3, -0.25) is 4.79 Å². The molecule has 0 amide bonds. The van der Waals surface area contributed by atoms with Gasteiger partial charge in [-0.2, -0.15) is 9.46 Å². The molecule has 2 aromatic rings. The first kappa shape index (κ1) is 19.8. The van der Waals surface area contributed by atoms with Crippen LogP contribution >= 0.6 is 11.6 Å². The lowest BCUT2D eigenvalue weighted by Crippen LogP contribution is -2.16. The van der Waals surface area contributed by atoms with Crippen LogP contribution in [0.3, 0.4) is 0 Å². The van der Waals surface area contributed by atoms with Crippen molar-refractivity contribution in [3.63, 3.8) is 0 Å². The van der Waals surface area contributed by atoms with Crippen LogP contribution in [0.25, 0.3) is 0 Å². The molecule has 0 saturated carbocycles. The largest absolute Gasteiger partial charge is 0.493 e. The summed E-state index contributed by atoms with van der Waals surface area (Å²) >= 11 is 6.26. The van der Waals surface area contributed by atoms with Crippen molar-refractivity contribution < 1.29 is 22.9 Å². The maximum atomic E-state index is 13.5. The average molecular weight is 418 g/mol. The fourth-order valence-electron chi connectivity index (χ4n) is 2.95. The van der Waals surface area contributed by atoms with Crippen molar-refractivity contribution in [3.05, 3.63) is 40.0 Å². The molecule has 27 heavy (non-hydrogen) atoms. The zero-order valence-electron chi connectivity index (χ0n) is 14.5. The van der Waals surface area contributed by atoms with E-state index >= 15 is 0 Å². The highest BCUT2D eigenvalue weighted by atomic mass is 35.5. The molecule has 0 radical (unpaired) electrons. The second-order valence-corrected chi connectivity index (χ2v) is 9.26. The van der Waals surface area contributed by atoms with Crippen LogP contribution in [0, 0.1) is 0 Å². The Morgan fingerprint density at radius 3 is 2.52 bits per heavy atom. The summed E-state index contributed by atoms with van der Waals surface area (Å²) in [5.74, 6) is -0.423. The summed E-state index contributed by atoms with van der Waals surface area (Å²) in [6, 6.07) is 2.22. The minimum absolute atomic E-state index is 0.109. The van der Waals surface area contributed by atoms with E-state index in [1.807, 2.05) is 0 Å². The van der Waals surface area contributed by atoms with Gasteiger partial charge >= 0.3 is 0 Å². The normalized spacial score (nSPS) is 16.5. The monoisotopic (exact) mass is 417 g/mol. The van der Waals surface area contributed by atoms with E-state index in [0.717, 1.165) is 29.4 Å². The summed E-state index contributed by atoms with van der Waals surface area (Å²) in [6.45, 7) is 0. The first-order valence-corrected chi connectivity index (χ1v) is 10.6. The molecule has 10 heteroatoms. The highest BCUT2D eigenvalue weighted by Gasteiger charge is 2.26. The quantitative estimate of drug-likeness (QED) is 0.754. The molecule has 2 heterocycles. The first-order valence-electron chi connectivity index (χ1n) is 8.32. The number of aromatic nitrogens is 2. The standard InChI is InChI=1S/C17H18ClF2N3O3S/c1-23-17(25)12(9-21-23)15(24)10-5-6-11(16(19)20)14(13(10)18)22-27(26)7-3-2-4-8-27/h5-6,9,16,25H,2-4,7-8H2,1H3. The number of nitrogens with zero attached hydrogens (tertiary/aromatic N) is 3. The number of carbonyl (C=O) groups is 1. The number of hydrogen-bond donors (Lipinski definition) is 1. The molecule has 1 saturated heterocycles. The number of rotatable bonds is 4. The first-order chi connectivity index (χ1) is 12.7. The van der Waals surface area contributed by atoms with E-state index in [0.29, 0.717) is 24.3 Å². The van der Waals surface area contributed by atoms with Crippen LogP contribution in [-0.4, -0.2) is 36.4 Å². The van der Waals surface area contributed by atoms with Crippen molar-refractivity contribution in [3.8, 4) is 5.88 Å². The van der Waals surface area contributed by atoms with Gasteiger partial charge in [0.15, 0.2) is 0 Å². The highest BCUT2D eigenvalue weighted by molar-refractivity contribution is 7.93. The van der Waals surface area contributed by atoms with Crippen LogP contribution < -0.4 is 0 Å². The number of aromatic hydroxyl groups is 1. The number of hydrogen-bond acceptors (Lipinski definition) is 5. The smallest absolute Gasteiger partial charge is 0.266 e. The highest BCUT2D eigenvalue weighted by Crippen LogP contribution is 2.40. The molecule has 1 aromatic carbocycles. The third-order valence-electron chi connectivity index (χ3n) is 4.46. The fraction of sp³-hybridized carbons (Fsp3) is 0.412. The molecule has 0 bridgehead atoms. The predicted molar refractivity (Wildman–Crippen MR) is 98.5 cm³/mol. The van der Waals surface area contributed by atoms with Crippen LogP contribution in [0.15, 0.2) is 22.7 Å². The Labute approximate surface area is 160 Å². The minimum atomic E-state index is -2.89. The van der Waals surface area contributed by atoms with Gasteiger partial charge in [0.1, 0.15) is 11.3 Å². The van der Waals surface area contributed by atoms with E-state index in [4.69, 9.17) is 11.6 Å². The zero-order valence-corrected chi connectivity index (χ0v) is 16.1. The third kappa shape index (κ3) is 3.84. The molecule has 0 spiro atoms. The Morgan fingerprint density at radius 1 is 1.30 bits per heavy atom. The van der Waals surface area contributed by atoms with Crippen LogP contribution in [0.2, 0.25) is 5.02 Å². The summed E-state index contributed by atoms with van der Waals surface area (Å²) in [4.78, 5) is 12.7. The van der Waals surface area contributed by atoms with Gasteiger partial charge in [0.25, 0.3) is 6.43 Å². The molecule has 0 aliphatic carbocycles. The second kappa shape index (κ2) is 7.55. The van der Waals surface area contributed by atoms with Crippen molar-refractivity contribution in [2.45, 2.75) is 25.7 Å². The topological polar surface area (TPSA) is 84.5 Å². The van der Waals surface area contributed by atoms with Crippen LogP contribution in [0.4, 0.5) is 14.5 Å². The molecular formula is C17H18ClF2N3O3S. The Bertz CT molecular complexity index is 1000. The number of benzene rings is 1. The van der Waals surface area contributed by atoms with Gasteiger partial charge in [-0.25, -0.2) is 17.7 Å². The minimum Gasteiger partial charge on any atom is -0.493 e. The van der Waals surface area contributed by atoms with Crippen molar-refractivity contribution in [1.82, 2.24) is 9.78 Å². The number of halogens is 3. The van der Waals surface area contributed by atoms with Gasteiger partial charge in [-0.1, -0.05) is 24.1 Å².